The normalized spacial score (nSPS) is 12.4. The zero-order valence-electron chi connectivity index (χ0n) is 9.56. The van der Waals surface area contributed by atoms with E-state index in [9.17, 15) is 13.2 Å². The number of hydrogen-bond donors (Lipinski definition) is 0. The van der Waals surface area contributed by atoms with Gasteiger partial charge in [0, 0.05) is 6.07 Å². The van der Waals surface area contributed by atoms with Crippen molar-refractivity contribution >= 4 is 24.2 Å². The van der Waals surface area contributed by atoms with Crippen molar-refractivity contribution in [2.24, 2.45) is 0 Å². The van der Waals surface area contributed by atoms with Crippen LogP contribution in [-0.2, 0) is 0 Å². The van der Waals surface area contributed by atoms with E-state index < -0.39 is 14.7 Å². The summed E-state index contributed by atoms with van der Waals surface area (Å²) in [5.74, 6) is 0.0832. The average molecular weight is 329 g/mol. The van der Waals surface area contributed by atoms with Crippen molar-refractivity contribution in [3.63, 3.8) is 0 Å². The maximum atomic E-state index is 12.0. The van der Waals surface area contributed by atoms with Crippen molar-refractivity contribution in [3.05, 3.63) is 22.7 Å². The smallest absolute Gasteiger partial charge is 0.543 e. The SMILES string of the molecule is C[Si](C)(C)Oc1cc(OC(F)(F)F)ccc1Br. The Balaban J connectivity index is 2.95. The summed E-state index contributed by atoms with van der Waals surface area (Å²) in [5.41, 5.74) is 0. The quantitative estimate of drug-likeness (QED) is 0.757. The Hall–Kier alpha value is -0.693. The van der Waals surface area contributed by atoms with Crippen LogP contribution in [0.1, 0.15) is 0 Å². The first-order valence-corrected chi connectivity index (χ1v) is 9.01. The molecule has 1 rings (SSSR count). The molecule has 0 spiro atoms. The van der Waals surface area contributed by atoms with Gasteiger partial charge in [0.1, 0.15) is 11.5 Å². The van der Waals surface area contributed by atoms with E-state index in [1.165, 1.54) is 18.2 Å². The molecule has 7 heteroatoms. The summed E-state index contributed by atoms with van der Waals surface area (Å²) < 4.78 is 46.2. The van der Waals surface area contributed by atoms with E-state index in [0.717, 1.165) is 0 Å². The highest BCUT2D eigenvalue weighted by Crippen LogP contribution is 2.33. The second-order valence-electron chi connectivity index (χ2n) is 4.35. The first-order chi connectivity index (χ1) is 7.57. The van der Waals surface area contributed by atoms with E-state index in [-0.39, 0.29) is 5.75 Å². The van der Waals surface area contributed by atoms with Gasteiger partial charge in [-0.2, -0.15) is 0 Å². The molecular formula is C10H12BrF3O2Si. The molecule has 0 aromatic heterocycles. The molecular weight excluding hydrogens is 317 g/mol. The molecule has 0 bridgehead atoms. The highest BCUT2D eigenvalue weighted by molar-refractivity contribution is 9.10. The van der Waals surface area contributed by atoms with Crippen molar-refractivity contribution in [2.45, 2.75) is 26.0 Å². The van der Waals surface area contributed by atoms with Gasteiger partial charge in [-0.05, 0) is 47.7 Å². The minimum Gasteiger partial charge on any atom is -0.543 e. The summed E-state index contributed by atoms with van der Waals surface area (Å²) in [4.78, 5) is 0. The van der Waals surface area contributed by atoms with Crippen LogP contribution in [0.15, 0.2) is 22.7 Å². The molecule has 0 aliphatic carbocycles. The van der Waals surface area contributed by atoms with E-state index in [1.54, 1.807) is 0 Å². The highest BCUT2D eigenvalue weighted by atomic mass is 79.9. The van der Waals surface area contributed by atoms with Crippen LogP contribution in [0.25, 0.3) is 0 Å². The van der Waals surface area contributed by atoms with E-state index in [0.29, 0.717) is 10.2 Å². The van der Waals surface area contributed by atoms with Crippen LogP contribution in [0.4, 0.5) is 13.2 Å². The van der Waals surface area contributed by atoms with Crippen LogP contribution in [0.2, 0.25) is 19.6 Å². The van der Waals surface area contributed by atoms with Gasteiger partial charge in [0.15, 0.2) is 0 Å². The Morgan fingerprint density at radius 1 is 1.18 bits per heavy atom. The summed E-state index contributed by atoms with van der Waals surface area (Å²) in [7, 11) is -1.88. The van der Waals surface area contributed by atoms with Gasteiger partial charge in [0.05, 0.1) is 4.47 Å². The highest BCUT2D eigenvalue weighted by Gasteiger charge is 2.31. The molecule has 0 amide bonds. The van der Waals surface area contributed by atoms with E-state index in [2.05, 4.69) is 20.7 Å². The third-order valence-corrected chi connectivity index (χ3v) is 3.04. The first kappa shape index (κ1) is 14.4. The number of hydrogen-bond acceptors (Lipinski definition) is 2. The van der Waals surface area contributed by atoms with Gasteiger partial charge in [-0.1, -0.05) is 0 Å². The molecule has 2 nitrogen and oxygen atoms in total. The van der Waals surface area contributed by atoms with Gasteiger partial charge in [-0.25, -0.2) is 0 Å². The summed E-state index contributed by atoms with van der Waals surface area (Å²) in [5, 5.41) is 0. The molecule has 1 aromatic carbocycles. The number of alkyl halides is 3. The topological polar surface area (TPSA) is 18.5 Å². The molecule has 0 N–H and O–H groups in total. The predicted molar refractivity (Wildman–Crippen MR) is 64.8 cm³/mol. The Bertz CT molecular complexity index is 402. The van der Waals surface area contributed by atoms with Gasteiger partial charge >= 0.3 is 6.36 Å². The summed E-state index contributed by atoms with van der Waals surface area (Å²) in [6, 6.07) is 3.93. The Morgan fingerprint density at radius 3 is 2.24 bits per heavy atom. The molecule has 0 aliphatic rings. The third kappa shape index (κ3) is 5.45. The Morgan fingerprint density at radius 2 is 1.76 bits per heavy atom. The molecule has 0 atom stereocenters. The monoisotopic (exact) mass is 328 g/mol. The minimum absolute atomic E-state index is 0.283. The van der Waals surface area contributed by atoms with Gasteiger partial charge in [0.2, 0.25) is 8.32 Å². The first-order valence-electron chi connectivity index (χ1n) is 4.81. The number of ether oxygens (including phenoxy) is 1. The lowest BCUT2D eigenvalue weighted by Gasteiger charge is -2.21. The molecule has 0 fully saturated rings. The molecule has 0 saturated heterocycles. The van der Waals surface area contributed by atoms with E-state index >= 15 is 0 Å². The summed E-state index contributed by atoms with van der Waals surface area (Å²) in [6.07, 6.45) is -4.69. The standard InChI is InChI=1S/C10H12BrF3O2Si/c1-17(2,3)16-9-6-7(4-5-8(9)11)15-10(12,13)14/h4-6H,1-3H3. The molecule has 96 valence electrons. The lowest BCUT2D eigenvalue weighted by Crippen LogP contribution is -2.29. The zero-order chi connectivity index (χ0) is 13.3. The molecule has 17 heavy (non-hydrogen) atoms. The molecule has 0 unspecified atom stereocenters. The lowest BCUT2D eigenvalue weighted by atomic mass is 10.3. The Kier molecular flexibility index (Phi) is 4.13. The van der Waals surface area contributed by atoms with E-state index in [1.807, 2.05) is 19.6 Å². The minimum atomic E-state index is -4.69. The summed E-state index contributed by atoms with van der Waals surface area (Å²) >= 11 is 3.22. The second-order valence-corrected chi connectivity index (χ2v) is 9.64. The molecule has 1 aromatic rings. The van der Waals surface area contributed by atoms with Crippen molar-refractivity contribution in [3.8, 4) is 11.5 Å². The fourth-order valence-electron chi connectivity index (χ4n) is 1.09. The van der Waals surface area contributed by atoms with E-state index in [4.69, 9.17) is 4.43 Å². The second kappa shape index (κ2) is 4.89. The summed E-state index contributed by atoms with van der Waals surface area (Å²) in [6.45, 7) is 5.82. The fourth-order valence-corrected chi connectivity index (χ4v) is 2.39. The number of benzene rings is 1. The number of halogens is 4. The van der Waals surface area contributed by atoms with Gasteiger partial charge in [0.25, 0.3) is 0 Å². The predicted octanol–water partition coefficient (Wildman–Crippen LogP) is 4.56. The maximum absolute atomic E-state index is 12.0. The fraction of sp³-hybridized carbons (Fsp3) is 0.400. The molecule has 0 saturated carbocycles. The third-order valence-electron chi connectivity index (χ3n) is 1.55. The average Bonchev–Trinajstić information content (AvgIpc) is 2.05. The lowest BCUT2D eigenvalue weighted by molar-refractivity contribution is -0.274. The van der Waals surface area contributed by atoms with Crippen LogP contribution in [-0.4, -0.2) is 14.7 Å². The van der Waals surface area contributed by atoms with Crippen LogP contribution in [0, 0.1) is 0 Å². The van der Waals surface area contributed by atoms with Crippen LogP contribution in [0.3, 0.4) is 0 Å². The Labute approximate surface area is 107 Å². The van der Waals surface area contributed by atoms with Gasteiger partial charge in [-0.3, -0.25) is 0 Å². The molecule has 0 heterocycles. The van der Waals surface area contributed by atoms with Gasteiger partial charge < -0.3 is 9.16 Å². The van der Waals surface area contributed by atoms with Crippen molar-refractivity contribution in [2.75, 3.05) is 0 Å². The van der Waals surface area contributed by atoms with Gasteiger partial charge in [-0.15, -0.1) is 13.2 Å². The van der Waals surface area contributed by atoms with Crippen LogP contribution >= 0.6 is 15.9 Å². The zero-order valence-corrected chi connectivity index (χ0v) is 12.1. The van der Waals surface area contributed by atoms with Crippen LogP contribution in [0.5, 0.6) is 11.5 Å². The largest absolute Gasteiger partial charge is 0.573 e. The van der Waals surface area contributed by atoms with Crippen LogP contribution < -0.4 is 9.16 Å². The maximum Gasteiger partial charge on any atom is 0.573 e. The van der Waals surface area contributed by atoms with Crippen molar-refractivity contribution < 1.29 is 22.3 Å². The number of rotatable bonds is 3. The van der Waals surface area contributed by atoms with Crippen molar-refractivity contribution in [1.82, 2.24) is 0 Å². The molecule has 0 aliphatic heterocycles. The molecule has 0 radical (unpaired) electrons. The van der Waals surface area contributed by atoms with Crippen molar-refractivity contribution in [1.29, 1.82) is 0 Å².